The maximum absolute atomic E-state index is 6.28. The van der Waals surface area contributed by atoms with Crippen LogP contribution in [-0.2, 0) is 19.5 Å². The van der Waals surface area contributed by atoms with Crippen molar-refractivity contribution in [1.82, 2.24) is 14.5 Å². The number of hydrogen-bond acceptors (Lipinski definition) is 4. The van der Waals surface area contributed by atoms with Crippen molar-refractivity contribution in [2.45, 2.75) is 38.9 Å². The summed E-state index contributed by atoms with van der Waals surface area (Å²) in [5.74, 6) is 0. The number of hydrogen-bond donors (Lipinski definition) is 0. The van der Waals surface area contributed by atoms with Crippen molar-refractivity contribution in [2.75, 3.05) is 0 Å². The molecule has 1 aliphatic carbocycles. The third-order valence-corrected chi connectivity index (χ3v) is 5.89. The minimum absolute atomic E-state index is 0.398. The van der Waals surface area contributed by atoms with Crippen LogP contribution in [0.25, 0.3) is 0 Å². The minimum Gasteiger partial charge on any atom is -0.286 e. The van der Waals surface area contributed by atoms with E-state index in [-0.39, 0.29) is 0 Å². The van der Waals surface area contributed by atoms with Gasteiger partial charge in [-0.2, -0.15) is 0 Å². The highest BCUT2D eigenvalue weighted by Crippen LogP contribution is 2.37. The van der Waals surface area contributed by atoms with Gasteiger partial charge in [0.05, 0.1) is 0 Å². The zero-order chi connectivity index (χ0) is 17.2. The minimum atomic E-state index is 0.398. The van der Waals surface area contributed by atoms with Crippen LogP contribution in [0.3, 0.4) is 0 Å². The van der Waals surface area contributed by atoms with Crippen LogP contribution in [-0.4, -0.2) is 14.5 Å². The quantitative estimate of drug-likeness (QED) is 0.619. The Hall–Kier alpha value is -1.75. The first-order valence-electron chi connectivity index (χ1n) is 8.55. The van der Waals surface area contributed by atoms with Crippen molar-refractivity contribution < 1.29 is 0 Å². The molecule has 0 saturated carbocycles. The summed E-state index contributed by atoms with van der Waals surface area (Å²) in [6.07, 6.45) is 2.27. The highest BCUT2D eigenvalue weighted by atomic mass is 35.5. The van der Waals surface area contributed by atoms with Gasteiger partial charge in [-0.1, -0.05) is 70.2 Å². The Bertz CT molecular complexity index is 859. The van der Waals surface area contributed by atoms with Gasteiger partial charge in [-0.25, -0.2) is 0 Å². The van der Waals surface area contributed by atoms with Gasteiger partial charge in [0.1, 0.15) is 10.0 Å². The number of aryl methyl sites for hydroxylation is 2. The fourth-order valence-electron chi connectivity index (χ4n) is 3.60. The maximum atomic E-state index is 6.28. The molecule has 128 valence electrons. The van der Waals surface area contributed by atoms with E-state index < -0.39 is 0 Å². The van der Waals surface area contributed by atoms with Gasteiger partial charge in [-0.05, 0) is 36.5 Å². The van der Waals surface area contributed by atoms with Gasteiger partial charge in [0.2, 0.25) is 0 Å². The zero-order valence-corrected chi connectivity index (χ0v) is 15.7. The number of halogens is 1. The molecule has 0 saturated heterocycles. The highest BCUT2D eigenvalue weighted by molar-refractivity contribution is 7.10. The van der Waals surface area contributed by atoms with Gasteiger partial charge in [-0.3, -0.25) is 4.90 Å². The molecule has 3 aromatic rings. The second kappa shape index (κ2) is 7.24. The molecular formula is C20H20ClN3S. The predicted octanol–water partition coefficient (Wildman–Crippen LogP) is 5.19. The summed E-state index contributed by atoms with van der Waals surface area (Å²) in [5.41, 5.74) is 6.38. The Morgan fingerprint density at radius 3 is 2.68 bits per heavy atom. The second-order valence-corrected chi connectivity index (χ2v) is 7.99. The van der Waals surface area contributed by atoms with E-state index in [0.717, 1.165) is 31.6 Å². The van der Waals surface area contributed by atoms with Crippen LogP contribution in [0.5, 0.6) is 0 Å². The van der Waals surface area contributed by atoms with E-state index in [4.69, 9.17) is 11.6 Å². The van der Waals surface area contributed by atoms with Gasteiger partial charge in [0.15, 0.2) is 0 Å². The van der Waals surface area contributed by atoms with E-state index >= 15 is 0 Å². The van der Waals surface area contributed by atoms with E-state index in [0.29, 0.717) is 10.4 Å². The summed E-state index contributed by atoms with van der Waals surface area (Å²) in [6.45, 7) is 3.73. The van der Waals surface area contributed by atoms with Crippen LogP contribution < -0.4 is 0 Å². The van der Waals surface area contributed by atoms with Gasteiger partial charge in [0.25, 0.3) is 0 Å². The van der Waals surface area contributed by atoms with Crippen LogP contribution in [0.15, 0.2) is 48.5 Å². The molecule has 1 unspecified atom stereocenters. The Morgan fingerprint density at radius 1 is 1.12 bits per heavy atom. The molecule has 1 aromatic heterocycles. The largest absolute Gasteiger partial charge is 0.286 e. The average Bonchev–Trinajstić information content (AvgIpc) is 3.23. The molecular weight excluding hydrogens is 350 g/mol. The molecule has 0 radical (unpaired) electrons. The van der Waals surface area contributed by atoms with Crippen LogP contribution in [0, 0.1) is 6.92 Å². The van der Waals surface area contributed by atoms with Gasteiger partial charge >= 0.3 is 0 Å². The molecule has 0 N–H and O–H groups in total. The molecule has 1 heterocycles. The number of nitrogens with zero attached hydrogens (tertiary/aromatic N) is 3. The van der Waals surface area contributed by atoms with Crippen molar-refractivity contribution in [3.05, 3.63) is 80.8 Å². The third-order valence-electron chi connectivity index (χ3n) is 4.91. The SMILES string of the molecule is Cc1ccc(CN(Cc2nnsc2Cl)C2CCc3ccccc32)cc1. The van der Waals surface area contributed by atoms with Gasteiger partial charge in [0, 0.05) is 30.7 Å². The standard InChI is InChI=1S/C20H20ClN3S/c1-14-6-8-15(9-7-14)12-24(13-18-20(21)25-23-22-18)19-11-10-16-4-2-3-5-17(16)19/h2-9,19H,10-13H2,1H3. The molecule has 0 fully saturated rings. The van der Waals surface area contributed by atoms with Crippen LogP contribution in [0.1, 0.15) is 40.4 Å². The molecule has 2 aromatic carbocycles. The molecule has 0 aliphatic heterocycles. The van der Waals surface area contributed by atoms with Crippen molar-refractivity contribution in [3.63, 3.8) is 0 Å². The number of fused-ring (bicyclic) bond motifs is 1. The number of aromatic nitrogens is 2. The second-order valence-electron chi connectivity index (χ2n) is 6.64. The smallest absolute Gasteiger partial charge is 0.138 e. The fourth-order valence-corrected chi connectivity index (χ4v) is 4.21. The first-order chi connectivity index (χ1) is 12.2. The molecule has 25 heavy (non-hydrogen) atoms. The van der Waals surface area contributed by atoms with Crippen molar-refractivity contribution in [1.29, 1.82) is 0 Å². The normalized spacial score (nSPS) is 16.4. The van der Waals surface area contributed by atoms with E-state index in [1.807, 2.05) is 0 Å². The Morgan fingerprint density at radius 2 is 1.92 bits per heavy atom. The molecule has 0 amide bonds. The summed E-state index contributed by atoms with van der Waals surface area (Å²) >= 11 is 7.54. The molecule has 1 atom stereocenters. The Labute approximate surface area is 157 Å². The highest BCUT2D eigenvalue weighted by Gasteiger charge is 2.28. The van der Waals surface area contributed by atoms with E-state index in [9.17, 15) is 0 Å². The lowest BCUT2D eigenvalue weighted by Crippen LogP contribution is -2.27. The third kappa shape index (κ3) is 3.61. The van der Waals surface area contributed by atoms with Crippen LogP contribution in [0.2, 0.25) is 4.34 Å². The van der Waals surface area contributed by atoms with E-state index in [2.05, 4.69) is 69.9 Å². The lowest BCUT2D eigenvalue weighted by atomic mass is 10.1. The van der Waals surface area contributed by atoms with E-state index in [1.165, 1.54) is 33.8 Å². The number of rotatable bonds is 5. The molecule has 0 spiro atoms. The summed E-state index contributed by atoms with van der Waals surface area (Å²) in [6, 6.07) is 17.9. The lowest BCUT2D eigenvalue weighted by molar-refractivity contribution is 0.176. The van der Waals surface area contributed by atoms with Crippen molar-refractivity contribution in [2.24, 2.45) is 0 Å². The predicted molar refractivity (Wildman–Crippen MR) is 103 cm³/mol. The topological polar surface area (TPSA) is 29.0 Å². The Kier molecular flexibility index (Phi) is 4.84. The molecule has 0 bridgehead atoms. The van der Waals surface area contributed by atoms with Gasteiger partial charge < -0.3 is 0 Å². The molecule has 5 heteroatoms. The fraction of sp³-hybridized carbons (Fsp3) is 0.300. The lowest BCUT2D eigenvalue weighted by Gasteiger charge is -2.29. The van der Waals surface area contributed by atoms with Crippen molar-refractivity contribution >= 4 is 23.1 Å². The first-order valence-corrected chi connectivity index (χ1v) is 9.70. The molecule has 3 nitrogen and oxygen atoms in total. The van der Waals surface area contributed by atoms with Crippen LogP contribution in [0.4, 0.5) is 0 Å². The average molecular weight is 370 g/mol. The first kappa shape index (κ1) is 16.7. The summed E-state index contributed by atoms with van der Waals surface area (Å²) in [4.78, 5) is 2.49. The van der Waals surface area contributed by atoms with Crippen LogP contribution >= 0.6 is 23.1 Å². The van der Waals surface area contributed by atoms with Gasteiger partial charge in [-0.15, -0.1) is 5.10 Å². The summed E-state index contributed by atoms with van der Waals surface area (Å²) in [5, 5.41) is 4.23. The van der Waals surface area contributed by atoms with E-state index in [1.54, 1.807) is 0 Å². The maximum Gasteiger partial charge on any atom is 0.138 e. The molecule has 4 rings (SSSR count). The Balaban J connectivity index is 1.64. The zero-order valence-electron chi connectivity index (χ0n) is 14.2. The summed E-state index contributed by atoms with van der Waals surface area (Å²) < 4.78 is 4.69. The van der Waals surface area contributed by atoms with Crippen molar-refractivity contribution in [3.8, 4) is 0 Å². The summed E-state index contributed by atoms with van der Waals surface area (Å²) in [7, 11) is 0. The molecule has 1 aliphatic rings. The monoisotopic (exact) mass is 369 g/mol. The number of benzene rings is 2.